The number of pyridine rings is 1. The third-order valence-electron chi connectivity index (χ3n) is 5.58. The molecule has 1 aromatic carbocycles. The topological polar surface area (TPSA) is 110 Å². The minimum absolute atomic E-state index is 0.0711. The second-order valence-corrected chi connectivity index (χ2v) is 7.53. The molecule has 156 valence electrons. The van der Waals surface area contributed by atoms with E-state index in [0.29, 0.717) is 31.9 Å². The summed E-state index contributed by atoms with van der Waals surface area (Å²) in [6, 6.07) is 11.6. The number of nitrogens with two attached hydrogens (primary N) is 1. The Morgan fingerprint density at radius 1 is 1.26 bits per heavy atom. The molecule has 0 saturated carbocycles. The number of rotatable bonds is 4. The average Bonchev–Trinajstić information content (AvgIpc) is 3.22. The molecule has 3 aromatic heterocycles. The van der Waals surface area contributed by atoms with E-state index < -0.39 is 0 Å². The lowest BCUT2D eigenvalue weighted by Gasteiger charge is -2.33. The van der Waals surface area contributed by atoms with E-state index in [2.05, 4.69) is 19.9 Å². The van der Waals surface area contributed by atoms with Gasteiger partial charge in [0.1, 0.15) is 18.2 Å². The molecule has 8 heteroatoms. The molecule has 1 aliphatic rings. The number of benzene rings is 1. The van der Waals surface area contributed by atoms with Crippen LogP contribution in [0.1, 0.15) is 17.4 Å². The van der Waals surface area contributed by atoms with Crippen LogP contribution in [0.4, 0.5) is 5.82 Å². The zero-order chi connectivity index (χ0) is 21.2. The third kappa shape index (κ3) is 3.85. The van der Waals surface area contributed by atoms with Gasteiger partial charge in [-0.05, 0) is 29.3 Å². The lowest BCUT2D eigenvalue weighted by molar-refractivity contribution is -0.138. The van der Waals surface area contributed by atoms with Crippen molar-refractivity contribution < 1.29 is 9.53 Å². The van der Waals surface area contributed by atoms with Crippen molar-refractivity contribution in [2.45, 2.75) is 12.5 Å². The number of carbonyl (C=O) groups excluding carboxylic acids is 1. The van der Waals surface area contributed by atoms with E-state index in [0.717, 1.165) is 33.3 Å². The quantitative estimate of drug-likeness (QED) is 0.531. The number of nitrogens with zero attached hydrogens (tertiary/aromatic N) is 4. The molecule has 1 aliphatic heterocycles. The van der Waals surface area contributed by atoms with Gasteiger partial charge in [0.2, 0.25) is 5.91 Å². The van der Waals surface area contributed by atoms with Crippen LogP contribution < -0.4 is 5.73 Å². The van der Waals surface area contributed by atoms with Gasteiger partial charge in [-0.1, -0.05) is 18.2 Å². The maximum atomic E-state index is 13.1. The molecule has 8 nitrogen and oxygen atoms in total. The molecule has 0 radical (unpaired) electrons. The largest absolute Gasteiger partial charge is 0.384 e. The van der Waals surface area contributed by atoms with E-state index in [1.807, 2.05) is 41.4 Å². The summed E-state index contributed by atoms with van der Waals surface area (Å²) < 4.78 is 6.01. The normalized spacial score (nSPS) is 16.5. The van der Waals surface area contributed by atoms with Crippen molar-refractivity contribution >= 4 is 22.6 Å². The van der Waals surface area contributed by atoms with Gasteiger partial charge in [-0.15, -0.1) is 0 Å². The zero-order valence-electron chi connectivity index (χ0n) is 16.9. The van der Waals surface area contributed by atoms with Crippen molar-refractivity contribution in [1.29, 1.82) is 0 Å². The van der Waals surface area contributed by atoms with Crippen LogP contribution in [0, 0.1) is 0 Å². The standard InChI is InChI=1S/C23H22N6O2/c24-21-9-15(5-6-26-21)18-12-25-14-28-23(18)20-13-29(7-8-31-20)22(30)10-16-11-27-19-4-2-1-3-17(16)19/h1-6,9,11-12,14,20,27H,7-8,10,13H2,(H2,24,26)/t20-/m1/s1. The minimum atomic E-state index is -0.340. The van der Waals surface area contributed by atoms with Crippen LogP contribution in [0.25, 0.3) is 22.0 Å². The van der Waals surface area contributed by atoms with Crippen LogP contribution >= 0.6 is 0 Å². The van der Waals surface area contributed by atoms with E-state index in [1.165, 1.54) is 6.33 Å². The van der Waals surface area contributed by atoms with E-state index in [4.69, 9.17) is 10.5 Å². The van der Waals surface area contributed by atoms with Gasteiger partial charge in [-0.25, -0.2) is 15.0 Å². The number of nitrogens with one attached hydrogen (secondary N) is 1. The van der Waals surface area contributed by atoms with E-state index in [9.17, 15) is 4.79 Å². The number of para-hydroxylation sites is 1. The third-order valence-corrected chi connectivity index (χ3v) is 5.58. The van der Waals surface area contributed by atoms with Crippen molar-refractivity contribution in [3.05, 3.63) is 72.6 Å². The molecule has 1 fully saturated rings. The van der Waals surface area contributed by atoms with Crippen molar-refractivity contribution in [3.63, 3.8) is 0 Å². The Balaban J connectivity index is 1.37. The minimum Gasteiger partial charge on any atom is -0.384 e. The number of fused-ring (bicyclic) bond motifs is 1. The maximum Gasteiger partial charge on any atom is 0.227 e. The summed E-state index contributed by atoms with van der Waals surface area (Å²) in [5.41, 5.74) is 10.3. The van der Waals surface area contributed by atoms with Crippen molar-refractivity contribution in [2.75, 3.05) is 25.4 Å². The fraction of sp³-hybridized carbons (Fsp3) is 0.217. The number of aromatic nitrogens is 4. The number of ether oxygens (including phenoxy) is 1. The first-order chi connectivity index (χ1) is 15.2. The van der Waals surface area contributed by atoms with Gasteiger partial charge < -0.3 is 20.4 Å². The Labute approximate surface area is 179 Å². The van der Waals surface area contributed by atoms with E-state index in [1.54, 1.807) is 18.5 Å². The Morgan fingerprint density at radius 2 is 2.16 bits per heavy atom. The Morgan fingerprint density at radius 3 is 3.06 bits per heavy atom. The summed E-state index contributed by atoms with van der Waals surface area (Å²) in [5.74, 6) is 0.495. The van der Waals surface area contributed by atoms with Crippen molar-refractivity contribution in [2.24, 2.45) is 0 Å². The van der Waals surface area contributed by atoms with Gasteiger partial charge >= 0.3 is 0 Å². The molecule has 0 bridgehead atoms. The van der Waals surface area contributed by atoms with E-state index in [-0.39, 0.29) is 12.0 Å². The molecule has 4 heterocycles. The van der Waals surface area contributed by atoms with Gasteiger partial charge in [0.05, 0.1) is 25.3 Å². The number of amides is 1. The predicted octanol–water partition coefficient (Wildman–Crippen LogP) is 2.74. The molecule has 0 spiro atoms. The molecule has 31 heavy (non-hydrogen) atoms. The summed E-state index contributed by atoms with van der Waals surface area (Å²) in [4.78, 5) is 30.9. The van der Waals surface area contributed by atoms with Crippen molar-refractivity contribution in [1.82, 2.24) is 24.8 Å². The predicted molar refractivity (Wildman–Crippen MR) is 117 cm³/mol. The molecule has 0 unspecified atom stereocenters. The maximum absolute atomic E-state index is 13.1. The zero-order valence-corrected chi connectivity index (χ0v) is 16.9. The number of nitrogen functional groups attached to an aromatic ring is 1. The highest BCUT2D eigenvalue weighted by Gasteiger charge is 2.28. The molecule has 1 amide bonds. The van der Waals surface area contributed by atoms with Crippen LogP contribution in [0.3, 0.4) is 0 Å². The molecule has 4 aromatic rings. The Kier molecular flexibility index (Phi) is 5.05. The number of morpholine rings is 1. The van der Waals surface area contributed by atoms with Gasteiger partial charge in [-0.2, -0.15) is 0 Å². The number of hydrogen-bond donors (Lipinski definition) is 2. The molecule has 0 aliphatic carbocycles. The first-order valence-corrected chi connectivity index (χ1v) is 10.2. The fourth-order valence-corrected chi connectivity index (χ4v) is 4.03. The second kappa shape index (κ2) is 8.16. The Bertz CT molecular complexity index is 1240. The second-order valence-electron chi connectivity index (χ2n) is 7.53. The summed E-state index contributed by atoms with van der Waals surface area (Å²) in [7, 11) is 0. The number of carbonyl (C=O) groups is 1. The van der Waals surface area contributed by atoms with Crippen LogP contribution in [0.15, 0.2) is 61.3 Å². The molecular weight excluding hydrogens is 392 g/mol. The lowest BCUT2D eigenvalue weighted by atomic mass is 10.0. The molecule has 1 saturated heterocycles. The number of anilines is 1. The van der Waals surface area contributed by atoms with Crippen LogP contribution in [-0.4, -0.2) is 50.4 Å². The lowest BCUT2D eigenvalue weighted by Crippen LogP contribution is -2.43. The van der Waals surface area contributed by atoms with E-state index >= 15 is 0 Å². The highest BCUT2D eigenvalue weighted by atomic mass is 16.5. The highest BCUT2D eigenvalue weighted by Crippen LogP contribution is 2.30. The molecule has 1 atom stereocenters. The number of hydrogen-bond acceptors (Lipinski definition) is 6. The van der Waals surface area contributed by atoms with Crippen LogP contribution in [0.5, 0.6) is 0 Å². The fourth-order valence-electron chi connectivity index (χ4n) is 4.03. The van der Waals surface area contributed by atoms with Gasteiger partial charge in [0.25, 0.3) is 0 Å². The smallest absolute Gasteiger partial charge is 0.227 e. The van der Waals surface area contributed by atoms with Crippen molar-refractivity contribution in [3.8, 4) is 11.1 Å². The molecule has 3 N–H and O–H groups in total. The van der Waals surface area contributed by atoms with Gasteiger partial charge in [0.15, 0.2) is 0 Å². The summed E-state index contributed by atoms with van der Waals surface area (Å²) in [5, 5.41) is 1.08. The SMILES string of the molecule is Nc1cc(-c2cncnc2[C@H]2CN(C(=O)Cc3c[nH]c4ccccc34)CCO2)ccn1. The first kappa shape index (κ1) is 19.2. The first-order valence-electron chi connectivity index (χ1n) is 10.2. The molecular formula is C23H22N6O2. The summed E-state index contributed by atoms with van der Waals surface area (Å²) >= 11 is 0. The molecule has 5 rings (SSSR count). The van der Waals surface area contributed by atoms with Gasteiger partial charge in [-0.3, -0.25) is 4.79 Å². The van der Waals surface area contributed by atoms with Gasteiger partial charge in [0, 0.05) is 41.6 Å². The number of H-pyrrole nitrogens is 1. The van der Waals surface area contributed by atoms with Crippen LogP contribution in [-0.2, 0) is 16.0 Å². The number of aromatic amines is 1. The summed E-state index contributed by atoms with van der Waals surface area (Å²) in [6.07, 6.45) is 6.81. The van der Waals surface area contributed by atoms with Crippen LogP contribution in [0.2, 0.25) is 0 Å². The monoisotopic (exact) mass is 414 g/mol. The average molecular weight is 414 g/mol. The Hall–Kier alpha value is -3.78. The summed E-state index contributed by atoms with van der Waals surface area (Å²) in [6.45, 7) is 1.44. The highest BCUT2D eigenvalue weighted by molar-refractivity contribution is 5.89.